The first-order valence-electron chi connectivity index (χ1n) is 15.6. The molecule has 0 unspecified atom stereocenters. The molecule has 2 aromatic heterocycles. The summed E-state index contributed by atoms with van der Waals surface area (Å²) in [7, 11) is 3.13. The Bertz CT molecular complexity index is 1680. The van der Waals surface area contributed by atoms with Crippen molar-refractivity contribution in [1.29, 1.82) is 0 Å². The van der Waals surface area contributed by atoms with Gasteiger partial charge in [0.1, 0.15) is 29.0 Å². The van der Waals surface area contributed by atoms with E-state index in [0.29, 0.717) is 39.7 Å². The Morgan fingerprint density at radius 1 is 0.935 bits per heavy atom. The number of pyridine rings is 2. The standard InChI is InChI=1S/C34H35F2N5O3.C2H6/c1-34(2)12-14-40(15-13-34)22-9-11-30(37-18-22)39-27-17-26(31-24(35)6-5-7-25(31)36)38-28-20-41(33(42)32(27)28)19-21-8-10-23(43-3)16-29(21)44-4;1-2/h5-11,16-18H,12-15,19-20H2,1-4H3,(H,37,38,39);1-2H3. The zero-order valence-electron chi connectivity index (χ0n) is 27.3. The molecule has 1 saturated heterocycles. The van der Waals surface area contributed by atoms with Gasteiger partial charge in [0.2, 0.25) is 0 Å². The third-order valence-electron chi connectivity index (χ3n) is 8.50. The molecule has 1 amide bonds. The number of ether oxygens (including phenoxy) is 2. The van der Waals surface area contributed by atoms with E-state index in [1.54, 1.807) is 31.3 Å². The number of rotatable bonds is 8. The second kappa shape index (κ2) is 13.7. The predicted molar refractivity (Wildman–Crippen MR) is 177 cm³/mol. The number of amides is 1. The normalized spacial score (nSPS) is 15.2. The highest BCUT2D eigenvalue weighted by atomic mass is 19.1. The molecule has 4 aromatic rings. The lowest BCUT2D eigenvalue weighted by Crippen LogP contribution is -2.37. The Morgan fingerprint density at radius 3 is 2.28 bits per heavy atom. The molecule has 0 spiro atoms. The molecule has 0 aliphatic carbocycles. The fourth-order valence-corrected chi connectivity index (χ4v) is 5.80. The molecule has 46 heavy (non-hydrogen) atoms. The first-order valence-corrected chi connectivity index (χ1v) is 15.6. The van der Waals surface area contributed by atoms with Crippen molar-refractivity contribution in [2.24, 2.45) is 5.41 Å². The van der Waals surface area contributed by atoms with Crippen LogP contribution < -0.4 is 19.7 Å². The van der Waals surface area contributed by atoms with Crippen LogP contribution >= 0.6 is 0 Å². The Kier molecular flexibility index (Phi) is 9.74. The second-order valence-corrected chi connectivity index (χ2v) is 12.0. The number of piperidine rings is 1. The van der Waals surface area contributed by atoms with Gasteiger partial charge >= 0.3 is 0 Å². The molecule has 1 N–H and O–H groups in total. The molecular formula is C36H41F2N5O3. The van der Waals surface area contributed by atoms with Crippen molar-refractivity contribution in [3.8, 4) is 22.8 Å². The van der Waals surface area contributed by atoms with Gasteiger partial charge in [0, 0.05) is 24.7 Å². The van der Waals surface area contributed by atoms with Gasteiger partial charge in [-0.05, 0) is 60.7 Å². The van der Waals surface area contributed by atoms with Crippen molar-refractivity contribution in [3.63, 3.8) is 0 Å². The van der Waals surface area contributed by atoms with Crippen LogP contribution in [0.15, 0.2) is 60.8 Å². The summed E-state index contributed by atoms with van der Waals surface area (Å²) >= 11 is 0. The van der Waals surface area contributed by atoms with Crippen molar-refractivity contribution in [2.75, 3.05) is 37.5 Å². The number of fused-ring (bicyclic) bond motifs is 1. The van der Waals surface area contributed by atoms with E-state index < -0.39 is 11.6 Å². The lowest BCUT2D eigenvalue weighted by molar-refractivity contribution is 0.0766. The van der Waals surface area contributed by atoms with Crippen LogP contribution in [0.2, 0.25) is 0 Å². The van der Waals surface area contributed by atoms with Crippen LogP contribution in [-0.2, 0) is 13.1 Å². The van der Waals surface area contributed by atoms with E-state index in [1.807, 2.05) is 38.2 Å². The highest BCUT2D eigenvalue weighted by Crippen LogP contribution is 2.37. The van der Waals surface area contributed by atoms with Crippen molar-refractivity contribution in [1.82, 2.24) is 14.9 Å². The van der Waals surface area contributed by atoms with Crippen molar-refractivity contribution in [3.05, 3.63) is 89.2 Å². The van der Waals surface area contributed by atoms with Gasteiger partial charge in [-0.3, -0.25) is 4.79 Å². The van der Waals surface area contributed by atoms with E-state index in [1.165, 1.54) is 24.3 Å². The predicted octanol–water partition coefficient (Wildman–Crippen LogP) is 7.99. The van der Waals surface area contributed by atoms with Crippen LogP contribution in [0, 0.1) is 17.0 Å². The van der Waals surface area contributed by atoms with E-state index in [-0.39, 0.29) is 30.3 Å². The number of aromatic nitrogens is 2. The summed E-state index contributed by atoms with van der Waals surface area (Å²) in [5.74, 6) is -0.0213. The van der Waals surface area contributed by atoms with Crippen LogP contribution in [0.25, 0.3) is 11.3 Å². The number of carbonyl (C=O) groups excluding carboxylic acids is 1. The maximum Gasteiger partial charge on any atom is 0.258 e. The topological polar surface area (TPSA) is 79.8 Å². The van der Waals surface area contributed by atoms with Crippen molar-refractivity contribution >= 4 is 23.1 Å². The summed E-state index contributed by atoms with van der Waals surface area (Å²) in [4.78, 5) is 27.0. The molecule has 0 saturated carbocycles. The molecule has 0 bridgehead atoms. The minimum absolute atomic E-state index is 0.0890. The summed E-state index contributed by atoms with van der Waals surface area (Å²) in [5.41, 5.74) is 3.10. The second-order valence-electron chi connectivity index (χ2n) is 12.0. The summed E-state index contributed by atoms with van der Waals surface area (Å²) in [6.45, 7) is 10.9. The van der Waals surface area contributed by atoms with Gasteiger partial charge in [0.15, 0.2) is 0 Å². The van der Waals surface area contributed by atoms with Gasteiger partial charge in [-0.15, -0.1) is 0 Å². The molecule has 1 fully saturated rings. The Hall–Kier alpha value is -4.73. The van der Waals surface area contributed by atoms with E-state index in [0.717, 1.165) is 37.2 Å². The third-order valence-corrected chi connectivity index (χ3v) is 8.50. The number of benzene rings is 2. The Labute approximate surface area is 269 Å². The average Bonchev–Trinajstić information content (AvgIpc) is 3.37. The maximum absolute atomic E-state index is 14.9. The number of nitrogens with zero attached hydrogens (tertiary/aromatic N) is 4. The minimum Gasteiger partial charge on any atom is -0.497 e. The molecule has 2 aliphatic heterocycles. The first kappa shape index (κ1) is 32.7. The molecule has 0 radical (unpaired) electrons. The summed E-state index contributed by atoms with van der Waals surface area (Å²) < 4.78 is 40.6. The number of hydrogen-bond acceptors (Lipinski definition) is 7. The molecular weight excluding hydrogens is 588 g/mol. The van der Waals surface area contributed by atoms with Crippen molar-refractivity contribution < 1.29 is 23.0 Å². The Balaban J connectivity index is 0.00000204. The van der Waals surface area contributed by atoms with Crippen LogP contribution in [0.1, 0.15) is 62.2 Å². The number of nitrogens with one attached hydrogen (secondary N) is 1. The molecule has 2 aliphatic rings. The Morgan fingerprint density at radius 2 is 1.65 bits per heavy atom. The van der Waals surface area contributed by atoms with Crippen LogP contribution in [0.5, 0.6) is 11.5 Å². The smallest absolute Gasteiger partial charge is 0.258 e. The first-order chi connectivity index (χ1) is 22.2. The monoisotopic (exact) mass is 629 g/mol. The number of methoxy groups -OCH3 is 2. The fraction of sp³-hybridized carbons (Fsp3) is 0.361. The number of hydrogen-bond donors (Lipinski definition) is 1. The lowest BCUT2D eigenvalue weighted by Gasteiger charge is -2.38. The van der Waals surface area contributed by atoms with Crippen LogP contribution in [0.4, 0.5) is 26.0 Å². The summed E-state index contributed by atoms with van der Waals surface area (Å²) in [5, 5.41) is 3.25. The van der Waals surface area contributed by atoms with E-state index >= 15 is 0 Å². The maximum atomic E-state index is 14.9. The zero-order chi connectivity index (χ0) is 33.0. The third kappa shape index (κ3) is 6.76. The minimum atomic E-state index is -0.736. The largest absolute Gasteiger partial charge is 0.497 e. The number of carbonyl (C=O) groups is 1. The van der Waals surface area contributed by atoms with Crippen LogP contribution in [-0.4, -0.2) is 48.1 Å². The summed E-state index contributed by atoms with van der Waals surface area (Å²) in [6.07, 6.45) is 4.02. The quantitative estimate of drug-likeness (QED) is 0.212. The molecule has 6 rings (SSSR count). The van der Waals surface area contributed by atoms with Gasteiger partial charge in [-0.25, -0.2) is 18.7 Å². The highest BCUT2D eigenvalue weighted by molar-refractivity contribution is 6.04. The van der Waals surface area contributed by atoms with Gasteiger partial charge in [-0.1, -0.05) is 33.8 Å². The average molecular weight is 630 g/mol. The number of halogens is 2. The molecule has 10 heteroatoms. The fourth-order valence-electron chi connectivity index (χ4n) is 5.80. The molecule has 4 heterocycles. The van der Waals surface area contributed by atoms with Gasteiger partial charge in [0.25, 0.3) is 5.91 Å². The molecule has 2 aromatic carbocycles. The highest BCUT2D eigenvalue weighted by Gasteiger charge is 2.34. The SMILES string of the molecule is CC.COc1ccc(CN2Cc3nc(-c4c(F)cccc4F)cc(Nc4ccc(N5CCC(C)(C)CC5)cn4)c3C2=O)c(OC)c1. The lowest BCUT2D eigenvalue weighted by atomic mass is 9.82. The van der Waals surface area contributed by atoms with E-state index in [4.69, 9.17) is 9.47 Å². The van der Waals surface area contributed by atoms with E-state index in [9.17, 15) is 13.6 Å². The van der Waals surface area contributed by atoms with Crippen LogP contribution in [0.3, 0.4) is 0 Å². The molecule has 8 nitrogen and oxygen atoms in total. The number of anilines is 3. The van der Waals surface area contributed by atoms with Gasteiger partial charge < -0.3 is 24.6 Å². The molecule has 242 valence electrons. The molecule has 0 atom stereocenters. The van der Waals surface area contributed by atoms with E-state index in [2.05, 4.69) is 34.0 Å². The van der Waals surface area contributed by atoms with Crippen molar-refractivity contribution in [2.45, 2.75) is 53.6 Å². The van der Waals surface area contributed by atoms with Gasteiger partial charge in [0.05, 0.1) is 67.4 Å². The van der Waals surface area contributed by atoms with Gasteiger partial charge in [-0.2, -0.15) is 0 Å². The zero-order valence-corrected chi connectivity index (χ0v) is 27.3. The summed E-state index contributed by atoms with van der Waals surface area (Å²) in [6, 6.07) is 14.5.